The number of thiophene rings is 1. The molecule has 3 aromatic heterocycles. The number of nitrogens with zero attached hydrogens (tertiary/aromatic N) is 2. The van der Waals surface area contributed by atoms with Crippen molar-refractivity contribution in [1.82, 2.24) is 9.13 Å². The number of carbonyl (C=O) groups is 1. The molecule has 0 spiro atoms. The van der Waals surface area contributed by atoms with E-state index in [4.69, 9.17) is 0 Å². The number of fused-ring (bicyclic) bond motifs is 2. The van der Waals surface area contributed by atoms with Crippen molar-refractivity contribution < 1.29 is 4.79 Å². The summed E-state index contributed by atoms with van der Waals surface area (Å²) in [5, 5.41) is 4.27. The third-order valence-corrected chi connectivity index (χ3v) is 5.28. The van der Waals surface area contributed by atoms with Gasteiger partial charge in [-0.3, -0.25) is 4.79 Å². The molecule has 1 aromatic carbocycles. The lowest BCUT2D eigenvalue weighted by molar-refractivity contribution is 0.103. The van der Waals surface area contributed by atoms with Crippen molar-refractivity contribution in [2.24, 2.45) is 7.05 Å². The van der Waals surface area contributed by atoms with E-state index in [2.05, 4.69) is 29.0 Å². The Balaban J connectivity index is 1.91. The smallest absolute Gasteiger partial charge is 0.211 e. The van der Waals surface area contributed by atoms with E-state index in [9.17, 15) is 4.79 Å². The van der Waals surface area contributed by atoms with Crippen molar-refractivity contribution in [2.75, 3.05) is 0 Å². The van der Waals surface area contributed by atoms with Gasteiger partial charge in [-0.2, -0.15) is 0 Å². The lowest BCUT2D eigenvalue weighted by atomic mass is 10.1. The first-order valence-corrected chi connectivity index (χ1v) is 8.74. The lowest BCUT2D eigenvalue weighted by Gasteiger charge is -2.07. The van der Waals surface area contributed by atoms with E-state index in [1.165, 1.54) is 4.83 Å². The minimum absolute atomic E-state index is 0.110. The molecule has 3 nitrogen and oxygen atoms in total. The second-order valence-corrected chi connectivity index (χ2v) is 6.76. The van der Waals surface area contributed by atoms with Crippen LogP contribution in [0.1, 0.15) is 29.4 Å². The zero-order valence-electron chi connectivity index (χ0n) is 13.2. The van der Waals surface area contributed by atoms with Crippen molar-refractivity contribution >= 4 is 38.2 Å². The van der Waals surface area contributed by atoms with Gasteiger partial charge in [0.15, 0.2) is 0 Å². The Morgan fingerprint density at radius 1 is 1.22 bits per heavy atom. The molecule has 3 heterocycles. The lowest BCUT2D eigenvalue weighted by Crippen LogP contribution is -2.09. The molecule has 0 unspecified atom stereocenters. The number of aromatic nitrogens is 2. The molecular formula is C19H18N2OS. The van der Waals surface area contributed by atoms with E-state index in [0.717, 1.165) is 40.5 Å². The summed E-state index contributed by atoms with van der Waals surface area (Å²) in [6.07, 6.45) is 2.96. The fraction of sp³-hybridized carbons (Fsp3) is 0.211. The Hall–Kier alpha value is -2.33. The van der Waals surface area contributed by atoms with Gasteiger partial charge in [-0.05, 0) is 30.0 Å². The number of benzene rings is 1. The Kier molecular flexibility index (Phi) is 3.34. The van der Waals surface area contributed by atoms with Crippen molar-refractivity contribution in [2.45, 2.75) is 19.9 Å². The van der Waals surface area contributed by atoms with Gasteiger partial charge in [0.25, 0.3) is 0 Å². The molecule has 0 bridgehead atoms. The van der Waals surface area contributed by atoms with Crippen LogP contribution >= 0.6 is 11.3 Å². The minimum atomic E-state index is 0.110. The van der Waals surface area contributed by atoms with Crippen LogP contribution in [0.3, 0.4) is 0 Å². The van der Waals surface area contributed by atoms with E-state index in [-0.39, 0.29) is 5.78 Å². The molecule has 4 heteroatoms. The second kappa shape index (κ2) is 5.39. The highest BCUT2D eigenvalue weighted by Gasteiger charge is 2.21. The summed E-state index contributed by atoms with van der Waals surface area (Å²) in [5.41, 5.74) is 2.67. The Bertz CT molecular complexity index is 1020. The number of rotatable bonds is 4. The van der Waals surface area contributed by atoms with Crippen LogP contribution in [0.2, 0.25) is 0 Å². The van der Waals surface area contributed by atoms with Crippen molar-refractivity contribution in [3.63, 3.8) is 0 Å². The number of aryl methyl sites for hydroxylation is 2. The van der Waals surface area contributed by atoms with Gasteiger partial charge in [-0.15, -0.1) is 11.3 Å². The Morgan fingerprint density at radius 3 is 2.87 bits per heavy atom. The molecule has 0 fully saturated rings. The molecule has 4 aromatic rings. The van der Waals surface area contributed by atoms with Gasteiger partial charge in [-0.1, -0.05) is 25.1 Å². The summed E-state index contributed by atoms with van der Waals surface area (Å²) >= 11 is 1.70. The van der Waals surface area contributed by atoms with Crippen molar-refractivity contribution in [3.8, 4) is 0 Å². The second-order valence-electron chi connectivity index (χ2n) is 5.86. The molecule has 23 heavy (non-hydrogen) atoms. The SMILES string of the molecule is CCCn1c(C(=O)c2cn(C)c3ccccc23)cc2ccsc21. The standard InChI is InChI=1S/C19H18N2OS/c1-3-9-21-17(11-13-8-10-23-19(13)21)18(22)15-12-20(2)16-7-5-4-6-14(15)16/h4-8,10-12H,3,9H2,1-2H3. The van der Waals surface area contributed by atoms with Crippen LogP contribution in [0.5, 0.6) is 0 Å². The summed E-state index contributed by atoms with van der Waals surface area (Å²) < 4.78 is 4.20. The van der Waals surface area contributed by atoms with E-state index in [1.807, 2.05) is 42.1 Å². The molecule has 0 aliphatic carbocycles. The summed E-state index contributed by atoms with van der Waals surface area (Å²) in [4.78, 5) is 14.4. The molecule has 0 aliphatic rings. The molecule has 0 atom stereocenters. The van der Waals surface area contributed by atoms with Crippen LogP contribution < -0.4 is 0 Å². The summed E-state index contributed by atoms with van der Waals surface area (Å²) in [7, 11) is 1.99. The molecule has 0 amide bonds. The van der Waals surface area contributed by atoms with E-state index in [1.54, 1.807) is 11.3 Å². The summed E-state index contributed by atoms with van der Waals surface area (Å²) in [6, 6.07) is 12.2. The van der Waals surface area contributed by atoms with Gasteiger partial charge < -0.3 is 9.13 Å². The average molecular weight is 322 g/mol. The van der Waals surface area contributed by atoms with Gasteiger partial charge in [0.1, 0.15) is 4.83 Å². The van der Waals surface area contributed by atoms with E-state index < -0.39 is 0 Å². The predicted molar refractivity (Wildman–Crippen MR) is 96.5 cm³/mol. The highest BCUT2D eigenvalue weighted by atomic mass is 32.1. The number of carbonyl (C=O) groups excluding carboxylic acids is 1. The highest BCUT2D eigenvalue weighted by Crippen LogP contribution is 2.29. The van der Waals surface area contributed by atoms with Crippen LogP contribution in [0.4, 0.5) is 0 Å². The van der Waals surface area contributed by atoms with E-state index in [0.29, 0.717) is 0 Å². The van der Waals surface area contributed by atoms with Gasteiger partial charge in [0, 0.05) is 41.6 Å². The molecular weight excluding hydrogens is 304 g/mol. The minimum Gasteiger partial charge on any atom is -0.350 e. The van der Waals surface area contributed by atoms with Gasteiger partial charge in [0.2, 0.25) is 5.78 Å². The van der Waals surface area contributed by atoms with Crippen LogP contribution in [-0.4, -0.2) is 14.9 Å². The maximum Gasteiger partial charge on any atom is 0.211 e. The van der Waals surface area contributed by atoms with Crippen molar-refractivity contribution in [3.05, 3.63) is 59.2 Å². The number of ketones is 1. The normalized spacial score (nSPS) is 11.6. The third-order valence-electron chi connectivity index (χ3n) is 4.32. The first-order chi connectivity index (χ1) is 11.2. The Labute approximate surface area is 138 Å². The molecule has 0 saturated carbocycles. The highest BCUT2D eigenvalue weighted by molar-refractivity contribution is 7.16. The molecule has 0 N–H and O–H groups in total. The monoisotopic (exact) mass is 322 g/mol. The van der Waals surface area contributed by atoms with Crippen LogP contribution in [0, 0.1) is 0 Å². The zero-order chi connectivity index (χ0) is 16.0. The molecule has 0 aliphatic heterocycles. The maximum atomic E-state index is 13.2. The predicted octanol–water partition coefficient (Wildman–Crippen LogP) is 4.84. The number of hydrogen-bond acceptors (Lipinski definition) is 2. The summed E-state index contributed by atoms with van der Waals surface area (Å²) in [6.45, 7) is 3.02. The van der Waals surface area contributed by atoms with Gasteiger partial charge in [-0.25, -0.2) is 0 Å². The average Bonchev–Trinajstić information content (AvgIpc) is 3.23. The fourth-order valence-corrected chi connectivity index (χ4v) is 4.19. The number of para-hydroxylation sites is 1. The van der Waals surface area contributed by atoms with Crippen LogP contribution in [0.15, 0.2) is 48.0 Å². The van der Waals surface area contributed by atoms with E-state index >= 15 is 0 Å². The van der Waals surface area contributed by atoms with Gasteiger partial charge in [0.05, 0.1) is 5.69 Å². The maximum absolute atomic E-state index is 13.2. The van der Waals surface area contributed by atoms with Crippen LogP contribution in [0.25, 0.3) is 21.1 Å². The quantitative estimate of drug-likeness (QED) is 0.494. The largest absolute Gasteiger partial charge is 0.350 e. The first-order valence-electron chi connectivity index (χ1n) is 7.86. The van der Waals surface area contributed by atoms with Crippen LogP contribution in [-0.2, 0) is 13.6 Å². The molecule has 0 saturated heterocycles. The van der Waals surface area contributed by atoms with Gasteiger partial charge >= 0.3 is 0 Å². The summed E-state index contributed by atoms with van der Waals surface area (Å²) in [5.74, 6) is 0.110. The Morgan fingerprint density at radius 2 is 2.04 bits per heavy atom. The molecule has 116 valence electrons. The number of hydrogen-bond donors (Lipinski definition) is 0. The first kappa shape index (κ1) is 14.3. The third kappa shape index (κ3) is 2.13. The topological polar surface area (TPSA) is 26.9 Å². The molecule has 0 radical (unpaired) electrons. The molecule has 4 rings (SSSR count). The fourth-order valence-electron chi connectivity index (χ4n) is 3.27. The van der Waals surface area contributed by atoms with Crippen molar-refractivity contribution in [1.29, 1.82) is 0 Å². The zero-order valence-corrected chi connectivity index (χ0v) is 14.1.